The molecule has 0 aliphatic heterocycles. The van der Waals surface area contributed by atoms with Gasteiger partial charge in [-0.25, -0.2) is 9.37 Å². The topological polar surface area (TPSA) is 49.0 Å². The molecule has 6 heteroatoms. The molecule has 1 aromatic carbocycles. The Labute approximate surface area is 108 Å². The van der Waals surface area contributed by atoms with Gasteiger partial charge in [-0.05, 0) is 19.1 Å². The first kappa shape index (κ1) is 12.6. The van der Waals surface area contributed by atoms with Gasteiger partial charge >= 0.3 is 0 Å². The van der Waals surface area contributed by atoms with E-state index < -0.39 is 11.4 Å². The molecule has 0 amide bonds. The number of nitrogens with one attached hydrogen (secondary N) is 1. The standard InChI is InChI=1S/C12H11ClFN3O/c1-2-17(9-6-4-3-5-8(9)14)11-10(13)12(18)16-7-15-11/h3-7H,2H2,1H3,(H,15,16,18). The predicted molar refractivity (Wildman–Crippen MR) is 68.9 cm³/mol. The SMILES string of the molecule is CCN(c1ccccc1F)c1nc[nH]c(=O)c1Cl. The highest BCUT2D eigenvalue weighted by molar-refractivity contribution is 6.32. The van der Waals surface area contributed by atoms with Gasteiger partial charge < -0.3 is 9.88 Å². The third kappa shape index (κ3) is 2.22. The second-order valence-corrected chi connectivity index (χ2v) is 3.94. The predicted octanol–water partition coefficient (Wildman–Crippen LogP) is 2.72. The van der Waals surface area contributed by atoms with Crippen LogP contribution >= 0.6 is 11.6 Å². The number of aromatic nitrogens is 2. The Hall–Kier alpha value is -1.88. The van der Waals surface area contributed by atoms with Crippen molar-refractivity contribution in [3.63, 3.8) is 0 Å². The van der Waals surface area contributed by atoms with Crippen LogP contribution in [-0.2, 0) is 0 Å². The summed E-state index contributed by atoms with van der Waals surface area (Å²) >= 11 is 5.90. The number of H-pyrrole nitrogens is 1. The maximum Gasteiger partial charge on any atom is 0.271 e. The van der Waals surface area contributed by atoms with Crippen LogP contribution in [0.2, 0.25) is 5.02 Å². The smallest absolute Gasteiger partial charge is 0.271 e. The third-order valence-electron chi connectivity index (χ3n) is 2.49. The molecule has 2 rings (SSSR count). The molecule has 0 spiro atoms. The number of rotatable bonds is 3. The Balaban J connectivity index is 2.56. The van der Waals surface area contributed by atoms with Crippen molar-refractivity contribution in [3.8, 4) is 0 Å². The summed E-state index contributed by atoms with van der Waals surface area (Å²) in [7, 11) is 0. The number of aromatic amines is 1. The lowest BCUT2D eigenvalue weighted by molar-refractivity contribution is 0.625. The minimum atomic E-state index is -0.448. The van der Waals surface area contributed by atoms with Gasteiger partial charge in [0.05, 0.1) is 12.0 Å². The molecule has 0 atom stereocenters. The van der Waals surface area contributed by atoms with Crippen LogP contribution in [0.15, 0.2) is 35.4 Å². The van der Waals surface area contributed by atoms with Gasteiger partial charge in [0, 0.05) is 6.54 Å². The Morgan fingerprint density at radius 2 is 2.17 bits per heavy atom. The van der Waals surface area contributed by atoms with Crippen molar-refractivity contribution in [1.29, 1.82) is 0 Å². The Morgan fingerprint density at radius 1 is 1.44 bits per heavy atom. The molecule has 0 aliphatic carbocycles. The zero-order chi connectivity index (χ0) is 13.1. The first-order valence-corrected chi connectivity index (χ1v) is 5.78. The molecule has 0 saturated heterocycles. The van der Waals surface area contributed by atoms with Gasteiger partial charge in [0.15, 0.2) is 5.82 Å². The van der Waals surface area contributed by atoms with E-state index in [2.05, 4.69) is 9.97 Å². The van der Waals surface area contributed by atoms with E-state index in [0.29, 0.717) is 12.2 Å². The Bertz CT molecular complexity index is 614. The van der Waals surface area contributed by atoms with Gasteiger partial charge in [0.1, 0.15) is 10.8 Å². The summed E-state index contributed by atoms with van der Waals surface area (Å²) in [5.41, 5.74) is -0.114. The summed E-state index contributed by atoms with van der Waals surface area (Å²) in [5, 5.41) is -0.0531. The number of nitrogens with zero attached hydrogens (tertiary/aromatic N) is 2. The van der Waals surface area contributed by atoms with Crippen molar-refractivity contribution < 1.29 is 4.39 Å². The van der Waals surface area contributed by atoms with E-state index in [0.717, 1.165) is 0 Å². The fourth-order valence-electron chi connectivity index (χ4n) is 1.67. The first-order valence-electron chi connectivity index (χ1n) is 5.40. The van der Waals surface area contributed by atoms with Gasteiger partial charge in [0.2, 0.25) is 0 Å². The highest BCUT2D eigenvalue weighted by Crippen LogP contribution is 2.28. The van der Waals surface area contributed by atoms with Crippen molar-refractivity contribution in [2.45, 2.75) is 6.92 Å². The molecule has 1 aromatic heterocycles. The third-order valence-corrected chi connectivity index (χ3v) is 2.83. The van der Waals surface area contributed by atoms with Gasteiger partial charge in [0.25, 0.3) is 5.56 Å². The second kappa shape index (κ2) is 5.18. The molecule has 0 bridgehead atoms. The average Bonchev–Trinajstić information content (AvgIpc) is 2.37. The van der Waals surface area contributed by atoms with E-state index in [1.54, 1.807) is 23.1 Å². The Kier molecular flexibility index (Phi) is 3.62. The zero-order valence-corrected chi connectivity index (χ0v) is 10.4. The van der Waals surface area contributed by atoms with Gasteiger partial charge in [-0.15, -0.1) is 0 Å². The molecule has 1 N–H and O–H groups in total. The van der Waals surface area contributed by atoms with Crippen molar-refractivity contribution in [2.75, 3.05) is 11.4 Å². The fourth-order valence-corrected chi connectivity index (χ4v) is 1.87. The molecule has 2 aromatic rings. The maximum atomic E-state index is 13.7. The molecule has 0 unspecified atom stereocenters. The molecule has 0 fully saturated rings. The van der Waals surface area contributed by atoms with Gasteiger partial charge in [-0.2, -0.15) is 0 Å². The van der Waals surface area contributed by atoms with E-state index in [4.69, 9.17) is 11.6 Å². The molecular weight excluding hydrogens is 257 g/mol. The van der Waals surface area contributed by atoms with E-state index in [1.165, 1.54) is 12.4 Å². The summed E-state index contributed by atoms with van der Waals surface area (Å²) in [4.78, 5) is 19.3. The van der Waals surface area contributed by atoms with Crippen LogP contribution in [0.1, 0.15) is 6.92 Å². The minimum Gasteiger partial charge on any atom is -0.323 e. The normalized spacial score (nSPS) is 10.4. The summed E-state index contributed by atoms with van der Waals surface area (Å²) in [6.07, 6.45) is 1.24. The lowest BCUT2D eigenvalue weighted by atomic mass is 10.2. The van der Waals surface area contributed by atoms with E-state index in [9.17, 15) is 9.18 Å². The molecule has 0 radical (unpaired) electrons. The Morgan fingerprint density at radius 3 is 2.83 bits per heavy atom. The van der Waals surface area contributed by atoms with Crippen molar-refractivity contribution in [1.82, 2.24) is 9.97 Å². The highest BCUT2D eigenvalue weighted by Gasteiger charge is 2.17. The molecule has 1 heterocycles. The zero-order valence-electron chi connectivity index (χ0n) is 9.65. The van der Waals surface area contributed by atoms with Crippen LogP contribution in [0, 0.1) is 5.82 Å². The number of para-hydroxylation sites is 1. The molecule has 0 saturated carbocycles. The van der Waals surface area contributed by atoms with Gasteiger partial charge in [-0.1, -0.05) is 23.7 Å². The fraction of sp³-hybridized carbons (Fsp3) is 0.167. The average molecular weight is 268 g/mol. The number of benzene rings is 1. The molecule has 0 aliphatic rings. The van der Waals surface area contributed by atoms with Gasteiger partial charge in [-0.3, -0.25) is 4.79 Å². The molecule has 94 valence electrons. The van der Waals surface area contributed by atoms with Crippen molar-refractivity contribution in [3.05, 3.63) is 51.8 Å². The summed E-state index contributed by atoms with van der Waals surface area (Å²) in [6, 6.07) is 6.26. The quantitative estimate of drug-likeness (QED) is 0.930. The van der Waals surface area contributed by atoms with E-state index in [-0.39, 0.29) is 10.8 Å². The van der Waals surface area contributed by atoms with Crippen LogP contribution in [0.4, 0.5) is 15.9 Å². The number of hydrogen-bond donors (Lipinski definition) is 1. The summed E-state index contributed by atoms with van der Waals surface area (Å²) in [5.74, 6) is -0.148. The highest BCUT2D eigenvalue weighted by atomic mass is 35.5. The van der Waals surface area contributed by atoms with Crippen LogP contribution < -0.4 is 10.5 Å². The second-order valence-electron chi connectivity index (χ2n) is 3.56. The summed E-state index contributed by atoms with van der Waals surface area (Å²) < 4.78 is 13.7. The molecule has 18 heavy (non-hydrogen) atoms. The molecular formula is C12H11ClFN3O. The maximum absolute atomic E-state index is 13.7. The van der Waals surface area contributed by atoms with E-state index in [1.807, 2.05) is 6.92 Å². The lowest BCUT2D eigenvalue weighted by Crippen LogP contribution is -2.22. The largest absolute Gasteiger partial charge is 0.323 e. The molecule has 4 nitrogen and oxygen atoms in total. The minimum absolute atomic E-state index is 0.0531. The number of hydrogen-bond acceptors (Lipinski definition) is 3. The van der Waals surface area contributed by atoms with Crippen molar-refractivity contribution >= 4 is 23.1 Å². The van der Waals surface area contributed by atoms with Crippen LogP contribution in [0.3, 0.4) is 0 Å². The first-order chi connectivity index (χ1) is 8.65. The number of halogens is 2. The summed E-state index contributed by atoms with van der Waals surface area (Å²) in [6.45, 7) is 2.27. The van der Waals surface area contributed by atoms with E-state index >= 15 is 0 Å². The monoisotopic (exact) mass is 267 g/mol. The van der Waals surface area contributed by atoms with Crippen molar-refractivity contribution in [2.24, 2.45) is 0 Å². The lowest BCUT2D eigenvalue weighted by Gasteiger charge is -2.22. The van der Waals surface area contributed by atoms with Crippen LogP contribution in [0.5, 0.6) is 0 Å². The van der Waals surface area contributed by atoms with Crippen LogP contribution in [0.25, 0.3) is 0 Å². The number of anilines is 2. The van der Waals surface area contributed by atoms with Crippen LogP contribution in [-0.4, -0.2) is 16.5 Å².